The summed E-state index contributed by atoms with van der Waals surface area (Å²) in [4.78, 5) is 4.32. The van der Waals surface area contributed by atoms with Crippen LogP contribution in [0.1, 0.15) is 12.8 Å². The van der Waals surface area contributed by atoms with Gasteiger partial charge in [-0.15, -0.1) is 12.4 Å². The van der Waals surface area contributed by atoms with Gasteiger partial charge >= 0.3 is 0 Å². The number of aliphatic hydroxyl groups is 2. The Bertz CT molecular complexity index is 356. The molecule has 4 N–H and O–H groups in total. The van der Waals surface area contributed by atoms with Crippen LogP contribution in [0.4, 0.5) is 0 Å². The molecule has 2 heterocycles. The first-order chi connectivity index (χ1) is 8.69. The lowest BCUT2D eigenvalue weighted by Crippen LogP contribution is -2.57. The SMILES string of the molecule is CNC1=N[C@@H]2[C@@H](O)[C@H](O)[C@@H](CNC3CC3)O[C@@H]2S1.Cl. The van der Waals surface area contributed by atoms with Crippen LogP contribution in [0.3, 0.4) is 0 Å². The van der Waals surface area contributed by atoms with Crippen LogP contribution in [-0.2, 0) is 4.74 Å². The number of nitrogens with zero attached hydrogens (tertiary/aromatic N) is 1. The number of aliphatic hydroxyl groups excluding tert-OH is 2. The van der Waals surface area contributed by atoms with Gasteiger partial charge in [0.05, 0.1) is 0 Å². The number of aliphatic imine (C=N–C) groups is 1. The quantitative estimate of drug-likeness (QED) is 0.551. The maximum Gasteiger partial charge on any atom is 0.159 e. The van der Waals surface area contributed by atoms with E-state index in [1.54, 1.807) is 7.05 Å². The molecule has 3 rings (SSSR count). The summed E-state index contributed by atoms with van der Waals surface area (Å²) in [7, 11) is 1.79. The minimum absolute atomic E-state index is 0. The molecule has 1 saturated heterocycles. The highest BCUT2D eigenvalue weighted by molar-refractivity contribution is 8.14. The third-order valence-electron chi connectivity index (χ3n) is 3.56. The Kier molecular flexibility index (Phi) is 4.97. The van der Waals surface area contributed by atoms with Gasteiger partial charge < -0.3 is 25.6 Å². The fourth-order valence-corrected chi connectivity index (χ4v) is 3.37. The van der Waals surface area contributed by atoms with Crippen molar-refractivity contribution in [1.29, 1.82) is 0 Å². The number of hydrogen-bond donors (Lipinski definition) is 4. The van der Waals surface area contributed by atoms with Crippen molar-refractivity contribution in [2.24, 2.45) is 4.99 Å². The van der Waals surface area contributed by atoms with Crippen LogP contribution in [0.5, 0.6) is 0 Å². The minimum atomic E-state index is -0.877. The van der Waals surface area contributed by atoms with Gasteiger partial charge in [-0.25, -0.2) is 0 Å². The molecule has 2 fully saturated rings. The van der Waals surface area contributed by atoms with Crippen molar-refractivity contribution >= 4 is 29.3 Å². The summed E-state index contributed by atoms with van der Waals surface area (Å²) in [5.74, 6) is 0. The zero-order chi connectivity index (χ0) is 12.7. The molecule has 0 radical (unpaired) electrons. The normalized spacial score (nSPS) is 41.2. The molecule has 0 spiro atoms. The van der Waals surface area contributed by atoms with E-state index in [0.29, 0.717) is 12.6 Å². The number of hydrogen-bond acceptors (Lipinski definition) is 7. The first-order valence-electron chi connectivity index (χ1n) is 6.36. The summed E-state index contributed by atoms with van der Waals surface area (Å²) >= 11 is 1.47. The van der Waals surface area contributed by atoms with E-state index in [0.717, 1.165) is 5.17 Å². The first-order valence-corrected chi connectivity index (χ1v) is 7.24. The lowest BCUT2D eigenvalue weighted by Gasteiger charge is -2.38. The van der Waals surface area contributed by atoms with E-state index in [1.807, 2.05) is 0 Å². The zero-order valence-corrected chi connectivity index (χ0v) is 12.3. The average molecular weight is 310 g/mol. The molecule has 19 heavy (non-hydrogen) atoms. The second kappa shape index (κ2) is 6.15. The smallest absolute Gasteiger partial charge is 0.159 e. The molecule has 8 heteroatoms. The third-order valence-corrected chi connectivity index (χ3v) is 4.72. The maximum atomic E-state index is 10.1. The highest BCUT2D eigenvalue weighted by Gasteiger charge is 2.48. The molecule has 110 valence electrons. The molecule has 0 unspecified atom stereocenters. The molecule has 0 amide bonds. The molecular formula is C11H20ClN3O3S. The first kappa shape index (κ1) is 15.3. The fraction of sp³-hybridized carbons (Fsp3) is 0.909. The molecule has 0 aromatic carbocycles. The van der Waals surface area contributed by atoms with Crippen molar-refractivity contribution in [3.63, 3.8) is 0 Å². The van der Waals surface area contributed by atoms with Gasteiger partial charge in [0.15, 0.2) is 5.17 Å². The van der Waals surface area contributed by atoms with Gasteiger partial charge in [-0.05, 0) is 12.8 Å². The van der Waals surface area contributed by atoms with E-state index in [1.165, 1.54) is 24.6 Å². The van der Waals surface area contributed by atoms with Gasteiger partial charge in [-0.3, -0.25) is 4.99 Å². The van der Waals surface area contributed by atoms with Crippen LogP contribution < -0.4 is 10.6 Å². The highest BCUT2D eigenvalue weighted by atomic mass is 35.5. The number of halogens is 1. The number of ether oxygens (including phenoxy) is 1. The van der Waals surface area contributed by atoms with Gasteiger partial charge in [0.25, 0.3) is 0 Å². The van der Waals surface area contributed by atoms with Gasteiger partial charge in [0, 0.05) is 19.6 Å². The summed E-state index contributed by atoms with van der Waals surface area (Å²) in [6.45, 7) is 0.585. The summed E-state index contributed by atoms with van der Waals surface area (Å²) in [5, 5.41) is 27.2. The van der Waals surface area contributed by atoms with Gasteiger partial charge in [-0.1, -0.05) is 11.8 Å². The Morgan fingerprint density at radius 2 is 2.11 bits per heavy atom. The predicted octanol–water partition coefficient (Wildman–Crippen LogP) is -0.702. The largest absolute Gasteiger partial charge is 0.388 e. The molecule has 1 aliphatic carbocycles. The van der Waals surface area contributed by atoms with Crippen LogP contribution in [0, 0.1) is 0 Å². The fourth-order valence-electron chi connectivity index (χ4n) is 2.29. The Balaban J connectivity index is 0.00000133. The monoisotopic (exact) mass is 309 g/mol. The minimum Gasteiger partial charge on any atom is -0.388 e. The lowest BCUT2D eigenvalue weighted by atomic mass is 9.98. The number of fused-ring (bicyclic) bond motifs is 1. The molecule has 2 aliphatic heterocycles. The van der Waals surface area contributed by atoms with Crippen molar-refractivity contribution in [3.8, 4) is 0 Å². The lowest BCUT2D eigenvalue weighted by molar-refractivity contribution is -0.150. The van der Waals surface area contributed by atoms with E-state index >= 15 is 0 Å². The average Bonchev–Trinajstić information content (AvgIpc) is 3.10. The number of nitrogens with one attached hydrogen (secondary N) is 2. The molecule has 1 saturated carbocycles. The number of rotatable bonds is 3. The van der Waals surface area contributed by atoms with Crippen molar-refractivity contribution in [2.45, 2.75) is 48.7 Å². The van der Waals surface area contributed by atoms with Crippen LogP contribution in [0.15, 0.2) is 4.99 Å². The maximum absolute atomic E-state index is 10.1. The summed E-state index contributed by atoms with van der Waals surface area (Å²) < 4.78 is 5.84. The van der Waals surface area contributed by atoms with E-state index in [2.05, 4.69) is 15.6 Å². The molecule has 0 bridgehead atoms. The van der Waals surface area contributed by atoms with Crippen LogP contribution in [-0.4, -0.2) is 64.8 Å². The van der Waals surface area contributed by atoms with E-state index in [-0.39, 0.29) is 30.0 Å². The second-order valence-corrected chi connectivity index (χ2v) is 6.09. The Hall–Kier alpha value is -0.0500. The van der Waals surface area contributed by atoms with E-state index in [4.69, 9.17) is 4.74 Å². The Morgan fingerprint density at radius 3 is 2.74 bits per heavy atom. The van der Waals surface area contributed by atoms with Crippen molar-refractivity contribution in [1.82, 2.24) is 10.6 Å². The van der Waals surface area contributed by atoms with Gasteiger partial charge in [-0.2, -0.15) is 0 Å². The van der Waals surface area contributed by atoms with Crippen LogP contribution in [0.2, 0.25) is 0 Å². The summed E-state index contributed by atoms with van der Waals surface area (Å²) in [5.41, 5.74) is -0.197. The molecule has 3 aliphatic rings. The second-order valence-electron chi connectivity index (χ2n) is 5.00. The Labute approximate surface area is 122 Å². The number of thioether (sulfide) groups is 1. The zero-order valence-electron chi connectivity index (χ0n) is 10.7. The topological polar surface area (TPSA) is 86.1 Å². The van der Waals surface area contributed by atoms with Crippen molar-refractivity contribution in [2.75, 3.05) is 13.6 Å². The van der Waals surface area contributed by atoms with Crippen molar-refractivity contribution < 1.29 is 14.9 Å². The summed E-state index contributed by atoms with van der Waals surface area (Å²) in [6, 6.07) is 0.195. The predicted molar refractivity (Wildman–Crippen MR) is 76.8 cm³/mol. The van der Waals surface area contributed by atoms with E-state index < -0.39 is 12.2 Å². The van der Waals surface area contributed by atoms with Crippen LogP contribution in [0.25, 0.3) is 0 Å². The standard InChI is InChI=1S/C11H19N3O3S.ClH/c1-12-11-14-7-9(16)8(15)6(17-10(7)18-11)4-13-5-2-3-5;/h5-10,13,15-16H,2-4H2,1H3,(H,12,14);1H/t6-,7-,8-,9-,10-;/m1./s1. The summed E-state index contributed by atoms with van der Waals surface area (Å²) in [6.07, 6.45) is 0.296. The van der Waals surface area contributed by atoms with E-state index in [9.17, 15) is 10.2 Å². The number of amidine groups is 1. The molecule has 0 aromatic rings. The van der Waals surface area contributed by atoms with Gasteiger partial charge in [0.2, 0.25) is 0 Å². The molecule has 5 atom stereocenters. The third kappa shape index (κ3) is 3.17. The van der Waals surface area contributed by atoms with Crippen molar-refractivity contribution in [3.05, 3.63) is 0 Å². The molecule has 6 nitrogen and oxygen atoms in total. The molecular weight excluding hydrogens is 290 g/mol. The van der Waals surface area contributed by atoms with Crippen LogP contribution >= 0.6 is 24.2 Å². The van der Waals surface area contributed by atoms with Gasteiger partial charge in [0.1, 0.15) is 29.8 Å². The highest BCUT2D eigenvalue weighted by Crippen LogP contribution is 2.35. The molecule has 0 aromatic heterocycles. The Morgan fingerprint density at radius 1 is 1.37 bits per heavy atom.